The van der Waals surface area contributed by atoms with Gasteiger partial charge < -0.3 is 21.3 Å². The van der Waals surface area contributed by atoms with Gasteiger partial charge in [0.15, 0.2) is 0 Å². The van der Waals surface area contributed by atoms with Crippen molar-refractivity contribution in [2.24, 2.45) is 0 Å². The fourth-order valence-corrected chi connectivity index (χ4v) is 3.21. The number of carbonyl (C=O) groups excluding carboxylic acids is 3. The summed E-state index contributed by atoms with van der Waals surface area (Å²) in [6, 6.07) is -0.0266. The molecule has 0 saturated carbocycles. The first-order valence-corrected chi connectivity index (χ1v) is 7.70. The fraction of sp³-hybridized carbons (Fsp3) is 0.800. The fourth-order valence-electron chi connectivity index (χ4n) is 3.21. The predicted octanol–water partition coefficient (Wildman–Crippen LogP) is -0.336. The second-order valence-electron chi connectivity index (χ2n) is 7.15. The summed E-state index contributed by atoms with van der Waals surface area (Å²) in [6.45, 7) is 9.19. The number of piperidine rings is 1. The van der Waals surface area contributed by atoms with Crippen LogP contribution in [0, 0.1) is 0 Å². The van der Waals surface area contributed by atoms with Gasteiger partial charge in [-0.3, -0.25) is 14.4 Å². The molecule has 0 aliphatic carbocycles. The molecule has 3 amide bonds. The van der Waals surface area contributed by atoms with Gasteiger partial charge in [0.05, 0.1) is 0 Å². The molecule has 7 heteroatoms. The number of rotatable bonds is 6. The highest BCUT2D eigenvalue weighted by molar-refractivity contribution is 6.35. The molecule has 1 heterocycles. The van der Waals surface area contributed by atoms with Crippen molar-refractivity contribution < 1.29 is 14.4 Å². The molecule has 4 N–H and O–H groups in total. The highest BCUT2D eigenvalue weighted by Gasteiger charge is 2.38. The zero-order chi connectivity index (χ0) is 16.8. The molecule has 0 aromatic heterocycles. The van der Waals surface area contributed by atoms with Gasteiger partial charge in [0, 0.05) is 30.2 Å². The maximum absolute atomic E-state index is 11.9. The Hall–Kier alpha value is -1.63. The van der Waals surface area contributed by atoms with Crippen LogP contribution < -0.4 is 21.3 Å². The molecule has 0 aromatic carbocycles. The largest absolute Gasteiger partial charge is 0.359 e. The molecule has 0 aromatic rings. The van der Waals surface area contributed by atoms with Crippen LogP contribution in [-0.2, 0) is 14.4 Å². The highest BCUT2D eigenvalue weighted by atomic mass is 16.2. The average Bonchev–Trinajstić information content (AvgIpc) is 2.34. The van der Waals surface area contributed by atoms with Crippen LogP contribution in [0.4, 0.5) is 0 Å². The van der Waals surface area contributed by atoms with Crippen molar-refractivity contribution >= 4 is 18.2 Å². The van der Waals surface area contributed by atoms with E-state index in [1.54, 1.807) is 0 Å². The molecule has 22 heavy (non-hydrogen) atoms. The first kappa shape index (κ1) is 18.4. The van der Waals surface area contributed by atoms with Gasteiger partial charge in [0.25, 0.3) is 0 Å². The number of hydrogen-bond acceptors (Lipinski definition) is 4. The van der Waals surface area contributed by atoms with Crippen LogP contribution in [-0.4, -0.2) is 48.4 Å². The minimum atomic E-state index is -0.625. The van der Waals surface area contributed by atoms with Gasteiger partial charge in [-0.2, -0.15) is 0 Å². The van der Waals surface area contributed by atoms with Gasteiger partial charge in [0.1, 0.15) is 0 Å². The van der Waals surface area contributed by atoms with Crippen molar-refractivity contribution in [3.05, 3.63) is 0 Å². The van der Waals surface area contributed by atoms with E-state index in [1.165, 1.54) is 0 Å². The zero-order valence-electron chi connectivity index (χ0n) is 13.9. The maximum atomic E-state index is 11.9. The van der Waals surface area contributed by atoms with Gasteiger partial charge in [-0.1, -0.05) is 0 Å². The molecular weight excluding hydrogens is 284 g/mol. The van der Waals surface area contributed by atoms with Crippen molar-refractivity contribution in [3.8, 4) is 0 Å². The van der Waals surface area contributed by atoms with E-state index in [2.05, 4.69) is 49.0 Å². The molecule has 0 atom stereocenters. The molecule has 1 rings (SSSR count). The smallest absolute Gasteiger partial charge is 0.309 e. The SMILES string of the molecule is CC1(C)CC(NC(=O)C(=O)NCCCNC=O)CC(C)(C)N1. The van der Waals surface area contributed by atoms with Crippen LogP contribution in [0.5, 0.6) is 0 Å². The second kappa shape index (κ2) is 7.58. The molecule has 1 aliphatic rings. The van der Waals surface area contributed by atoms with Crippen molar-refractivity contribution in [3.63, 3.8) is 0 Å². The van der Waals surface area contributed by atoms with Crippen molar-refractivity contribution in [2.75, 3.05) is 13.1 Å². The first-order chi connectivity index (χ1) is 10.2. The van der Waals surface area contributed by atoms with E-state index in [1.807, 2.05) is 0 Å². The van der Waals surface area contributed by atoms with Crippen molar-refractivity contribution in [1.29, 1.82) is 0 Å². The summed E-state index contributed by atoms with van der Waals surface area (Å²) in [4.78, 5) is 33.8. The molecule has 1 saturated heterocycles. The van der Waals surface area contributed by atoms with Crippen LogP contribution in [0.3, 0.4) is 0 Å². The molecule has 126 valence electrons. The van der Waals surface area contributed by atoms with E-state index in [4.69, 9.17) is 0 Å². The Labute approximate surface area is 132 Å². The summed E-state index contributed by atoms with van der Waals surface area (Å²) in [5.74, 6) is -1.22. The normalized spacial score (nSPS) is 20.0. The van der Waals surface area contributed by atoms with Crippen LogP contribution >= 0.6 is 0 Å². The van der Waals surface area contributed by atoms with Crippen LogP contribution in [0.2, 0.25) is 0 Å². The highest BCUT2D eigenvalue weighted by Crippen LogP contribution is 2.28. The van der Waals surface area contributed by atoms with Crippen molar-refractivity contribution in [2.45, 2.75) is 64.1 Å². The van der Waals surface area contributed by atoms with Gasteiger partial charge >= 0.3 is 11.8 Å². The number of nitrogens with one attached hydrogen (secondary N) is 4. The minimum absolute atomic E-state index is 0.0266. The number of hydrogen-bond donors (Lipinski definition) is 4. The molecule has 1 aliphatic heterocycles. The molecule has 0 bridgehead atoms. The summed E-state index contributed by atoms with van der Waals surface area (Å²) < 4.78 is 0. The van der Waals surface area contributed by atoms with Gasteiger partial charge in [-0.25, -0.2) is 0 Å². The average molecular weight is 312 g/mol. The lowest BCUT2D eigenvalue weighted by molar-refractivity contribution is -0.140. The number of carbonyl (C=O) groups is 3. The van der Waals surface area contributed by atoms with E-state index in [9.17, 15) is 14.4 Å². The Morgan fingerprint density at radius 1 is 1.09 bits per heavy atom. The summed E-state index contributed by atoms with van der Waals surface area (Å²) in [7, 11) is 0. The summed E-state index contributed by atoms with van der Waals surface area (Å²) in [6.07, 6.45) is 2.75. The van der Waals surface area contributed by atoms with E-state index >= 15 is 0 Å². The van der Waals surface area contributed by atoms with Crippen molar-refractivity contribution in [1.82, 2.24) is 21.3 Å². The lowest BCUT2D eigenvalue weighted by Gasteiger charge is -2.46. The maximum Gasteiger partial charge on any atom is 0.309 e. The van der Waals surface area contributed by atoms with Gasteiger partial charge in [-0.05, 0) is 47.0 Å². The lowest BCUT2D eigenvalue weighted by Crippen LogP contribution is -2.62. The van der Waals surface area contributed by atoms with Crippen LogP contribution in [0.25, 0.3) is 0 Å². The van der Waals surface area contributed by atoms with Gasteiger partial charge in [0.2, 0.25) is 6.41 Å². The predicted molar refractivity (Wildman–Crippen MR) is 84.2 cm³/mol. The number of amides is 3. The second-order valence-corrected chi connectivity index (χ2v) is 7.15. The topological polar surface area (TPSA) is 99.3 Å². The zero-order valence-corrected chi connectivity index (χ0v) is 13.9. The third-order valence-corrected chi connectivity index (χ3v) is 3.60. The lowest BCUT2D eigenvalue weighted by atomic mass is 9.79. The van der Waals surface area contributed by atoms with E-state index in [-0.39, 0.29) is 17.1 Å². The van der Waals surface area contributed by atoms with E-state index in [0.29, 0.717) is 25.9 Å². The molecular formula is C15H28N4O3. The first-order valence-electron chi connectivity index (χ1n) is 7.70. The third-order valence-electron chi connectivity index (χ3n) is 3.60. The Morgan fingerprint density at radius 2 is 1.68 bits per heavy atom. The van der Waals surface area contributed by atoms with Gasteiger partial charge in [-0.15, -0.1) is 0 Å². The Balaban J connectivity index is 2.40. The molecule has 1 fully saturated rings. The summed E-state index contributed by atoms with van der Waals surface area (Å²) in [5, 5.41) is 11.4. The Bertz CT molecular complexity index is 405. The minimum Gasteiger partial charge on any atom is -0.359 e. The quantitative estimate of drug-likeness (QED) is 0.306. The molecule has 0 unspecified atom stereocenters. The molecule has 0 spiro atoms. The summed E-state index contributed by atoms with van der Waals surface area (Å²) in [5.41, 5.74) is -0.173. The Morgan fingerprint density at radius 3 is 2.23 bits per heavy atom. The monoisotopic (exact) mass is 312 g/mol. The standard InChI is InChI=1S/C15H28N4O3/c1-14(2)8-11(9-15(3,4)19-14)18-13(22)12(21)17-7-5-6-16-10-20/h10-11,19H,5-9H2,1-4H3,(H,16,20)(H,17,21)(H,18,22). The molecule has 7 nitrogen and oxygen atoms in total. The van der Waals surface area contributed by atoms with E-state index < -0.39 is 11.8 Å². The van der Waals surface area contributed by atoms with E-state index in [0.717, 1.165) is 12.8 Å². The summed E-state index contributed by atoms with van der Waals surface area (Å²) >= 11 is 0. The third kappa shape index (κ3) is 6.43. The Kier molecular flexibility index (Phi) is 6.34. The van der Waals surface area contributed by atoms with Crippen LogP contribution in [0.1, 0.15) is 47.0 Å². The van der Waals surface area contributed by atoms with Crippen LogP contribution in [0.15, 0.2) is 0 Å². The molecule has 0 radical (unpaired) electrons.